The molecule has 610 valence electrons. The highest BCUT2D eigenvalue weighted by Gasteiger charge is 2.46. The van der Waals surface area contributed by atoms with E-state index in [0.29, 0.717) is 52.8 Å². The predicted octanol–water partition coefficient (Wildman–Crippen LogP) is -5.05. The SMILES string of the molecule is CC[C@@H](C)[C@H](NC(=O)[C@H](CC(N)=O)NC(=O)[C@H](CC(N)=O)NC(=O)[C@@H](NC(=O)[C@@H](N)CCCN=C(N)N)[C@@H](C)CC)C(=O)N1C[C@@H](n2cc(C3C=CC=C3)nn2)C[C@H]1C(=O)N[C@@H](Cc1c[nH]c2ccccc12)C(=O)N[C@@H](CO)C(=O)N[C@@H](CCC(=O)O)C(=O)N[C@H](C=O)CN[C@@H](CCSC)C(=O)N[C@@H](CCSC)C(N)=O. The normalized spacial score (nSPS) is 17.4. The number of guanidine groups is 1. The maximum absolute atomic E-state index is 15.6. The topological polar surface area (TPSA) is 635 Å². The molecule has 111 heavy (non-hydrogen) atoms. The molecule has 5 rings (SSSR count). The van der Waals surface area contributed by atoms with Crippen LogP contribution in [0.3, 0.4) is 0 Å². The molecular formula is C70H106N22O17S2. The molecule has 1 saturated heterocycles. The van der Waals surface area contributed by atoms with Crippen molar-refractivity contribution in [3.05, 3.63) is 72.2 Å². The first-order valence-electron chi connectivity index (χ1n) is 36.3. The standard InChI is InChI=1S/C70H106N22O17S2/c1-7-36(3)57(87-60(100)43(71)17-13-23-77-70(75)76)68(108)85-49(28-54(72)95)64(104)83-50(29-55(73)96)65(105)88-58(37(4)8-2)69(109)91-32-41(92-33-51(89-90-92)38-14-9-10-15-38)27-53(91)67(107)84-48(26-39-30-78-44-18-12-11-16-42(39)44)63(103)86-52(35-94)66(106)82-47(19-20-56(97)98)62(102)80-40(34-93)31-79-46(22-25-111-6)61(101)81-45(59(74)99)21-24-110-5/h9-12,14-16,18,30,33-34,36-38,40-41,43,45-50,52-53,57-58,78-79,94H,7-8,13,17,19-29,31-32,35,71H2,1-6H3,(H2,72,95)(H2,73,96)(H2,74,99)(H,80,102)(H,81,101)(H,82,106)(H,83,104)(H,84,107)(H,85,108)(H,86,103)(H,87,100)(H,88,105)(H,97,98)(H4,75,76,77)/t36-,37+,40-,41-,43-,45-,46-,47-,48-,49-,50-,52-,53-,57-,58-/m0/s1. The van der Waals surface area contributed by atoms with Crippen LogP contribution in [-0.2, 0) is 78.3 Å². The second-order valence-corrected chi connectivity index (χ2v) is 29.1. The smallest absolute Gasteiger partial charge is 0.303 e. The Morgan fingerprint density at radius 2 is 1.22 bits per heavy atom. The van der Waals surface area contributed by atoms with Gasteiger partial charge in [-0.15, -0.1) is 5.10 Å². The minimum absolute atomic E-state index is 0.109. The molecule has 2 aromatic heterocycles. The van der Waals surface area contributed by atoms with Crippen molar-refractivity contribution in [1.82, 2.24) is 78.0 Å². The molecule has 0 spiro atoms. The van der Waals surface area contributed by atoms with Gasteiger partial charge >= 0.3 is 5.97 Å². The molecule has 15 atom stereocenters. The van der Waals surface area contributed by atoms with Crippen molar-refractivity contribution in [2.24, 2.45) is 51.2 Å². The molecule has 0 bridgehead atoms. The Morgan fingerprint density at radius 3 is 1.81 bits per heavy atom. The fourth-order valence-electron chi connectivity index (χ4n) is 12.1. The monoisotopic (exact) mass is 1590 g/mol. The minimum Gasteiger partial charge on any atom is -0.481 e. The molecule has 1 aliphatic heterocycles. The molecule has 1 aromatic carbocycles. The van der Waals surface area contributed by atoms with Gasteiger partial charge in [0.25, 0.3) is 0 Å². The summed E-state index contributed by atoms with van der Waals surface area (Å²) in [5.74, 6) is -15.2. The summed E-state index contributed by atoms with van der Waals surface area (Å²) < 4.78 is 1.45. The van der Waals surface area contributed by atoms with Crippen LogP contribution in [0.4, 0.5) is 0 Å². The highest BCUT2D eigenvalue weighted by Crippen LogP contribution is 2.31. The van der Waals surface area contributed by atoms with Crippen LogP contribution in [0.5, 0.6) is 0 Å². The van der Waals surface area contributed by atoms with Gasteiger partial charge in [-0.2, -0.15) is 23.5 Å². The highest BCUT2D eigenvalue weighted by molar-refractivity contribution is 7.98. The molecule has 0 radical (unpaired) electrons. The molecule has 39 nitrogen and oxygen atoms in total. The number of likely N-dealkylation sites (tertiary alicyclic amines) is 1. The lowest BCUT2D eigenvalue weighted by molar-refractivity contribution is -0.144. The molecule has 2 aliphatic rings. The molecular weight excluding hydrogens is 1490 g/mol. The maximum atomic E-state index is 15.6. The van der Waals surface area contributed by atoms with Crippen molar-refractivity contribution in [2.75, 3.05) is 50.3 Å². The minimum atomic E-state index is -1.93. The zero-order valence-electron chi connectivity index (χ0n) is 62.9. The van der Waals surface area contributed by atoms with Crippen LogP contribution < -0.4 is 87.6 Å². The maximum Gasteiger partial charge on any atom is 0.303 e. The number of para-hydroxylation sites is 1. The number of aliphatic carboxylic acids is 1. The van der Waals surface area contributed by atoms with Crippen molar-refractivity contribution in [2.45, 2.75) is 189 Å². The number of nitrogens with two attached hydrogens (primary N) is 6. The molecule has 25 N–H and O–H groups in total. The van der Waals surface area contributed by atoms with Gasteiger partial charge < -0.3 is 112 Å². The number of aromatic amines is 1. The van der Waals surface area contributed by atoms with Gasteiger partial charge in [-0.1, -0.05) is 88.3 Å². The number of rotatable bonds is 50. The average Bonchev–Trinajstić information content (AvgIpc) is 1.63. The van der Waals surface area contributed by atoms with Gasteiger partial charge in [-0.3, -0.25) is 72.1 Å². The number of hydrogen-bond acceptors (Lipinski definition) is 23. The summed E-state index contributed by atoms with van der Waals surface area (Å²) in [6.45, 7) is 4.98. The Labute approximate surface area is 649 Å². The number of carboxylic acid groups (broad SMARTS) is 1. The van der Waals surface area contributed by atoms with Gasteiger partial charge in [0.2, 0.25) is 76.8 Å². The van der Waals surface area contributed by atoms with Crippen molar-refractivity contribution >= 4 is 129 Å². The Morgan fingerprint density at radius 1 is 0.667 bits per heavy atom. The number of allylic oxidation sites excluding steroid dienone is 4. The number of aldehydes is 1. The van der Waals surface area contributed by atoms with E-state index in [9.17, 15) is 72.5 Å². The molecule has 3 heterocycles. The number of aliphatic imine (C=N–C) groups is 1. The van der Waals surface area contributed by atoms with E-state index in [4.69, 9.17) is 34.4 Å². The van der Waals surface area contributed by atoms with E-state index in [1.54, 1.807) is 70.6 Å². The number of aliphatic hydroxyl groups is 1. The predicted molar refractivity (Wildman–Crippen MR) is 411 cm³/mol. The third kappa shape index (κ3) is 28.4. The first kappa shape index (κ1) is 91.1. The first-order valence-corrected chi connectivity index (χ1v) is 39.1. The number of fused-ring (bicyclic) bond motifs is 1. The van der Waals surface area contributed by atoms with Crippen LogP contribution >= 0.6 is 23.5 Å². The largest absolute Gasteiger partial charge is 0.481 e. The average molecular weight is 1590 g/mol. The van der Waals surface area contributed by atoms with Gasteiger partial charge in [-0.05, 0) is 79.6 Å². The molecule has 1 fully saturated rings. The van der Waals surface area contributed by atoms with Crippen LogP contribution in [0.1, 0.15) is 122 Å². The summed E-state index contributed by atoms with van der Waals surface area (Å²) >= 11 is 2.84. The van der Waals surface area contributed by atoms with Gasteiger partial charge in [-0.25, -0.2) is 4.68 Å². The van der Waals surface area contributed by atoms with E-state index in [-0.39, 0.29) is 70.0 Å². The number of carbonyl (C=O) groups excluding carboxylic acids is 14. The fraction of sp³-hybridized carbons (Fsp3) is 0.571. The van der Waals surface area contributed by atoms with E-state index in [0.717, 1.165) is 4.90 Å². The number of aromatic nitrogens is 4. The number of nitrogens with zero attached hydrogens (tertiary/aromatic N) is 5. The molecule has 3 aromatic rings. The second-order valence-electron chi connectivity index (χ2n) is 27.2. The number of primary amides is 3. The summed E-state index contributed by atoms with van der Waals surface area (Å²) in [5, 5.41) is 55.3. The summed E-state index contributed by atoms with van der Waals surface area (Å²) in [5.41, 5.74) is 35.3. The van der Waals surface area contributed by atoms with Gasteiger partial charge in [0, 0.05) is 68.1 Å². The van der Waals surface area contributed by atoms with Crippen LogP contribution in [0, 0.1) is 11.8 Å². The van der Waals surface area contributed by atoms with E-state index < -0.39 is 205 Å². The number of aliphatic hydroxyl groups excluding tert-OH is 1. The number of carbonyl (C=O) groups is 15. The van der Waals surface area contributed by atoms with Crippen molar-refractivity contribution in [3.63, 3.8) is 0 Å². The van der Waals surface area contributed by atoms with Crippen LogP contribution in [0.15, 0.2) is 66.0 Å². The highest BCUT2D eigenvalue weighted by atomic mass is 32.2. The Bertz CT molecular complexity index is 3840. The molecule has 1 aliphatic carbocycles. The lowest BCUT2D eigenvalue weighted by Gasteiger charge is -2.33. The fourth-order valence-corrected chi connectivity index (χ4v) is 13.1. The third-order valence-electron chi connectivity index (χ3n) is 18.9. The van der Waals surface area contributed by atoms with E-state index >= 15 is 9.59 Å². The molecule has 13 amide bonds. The van der Waals surface area contributed by atoms with Crippen LogP contribution in [-0.4, -0.2) is 253 Å². The number of H-pyrrole nitrogens is 1. The Balaban J connectivity index is 1.45. The van der Waals surface area contributed by atoms with Crippen LogP contribution in [0.25, 0.3) is 10.9 Å². The first-order chi connectivity index (χ1) is 52.8. The summed E-state index contributed by atoms with van der Waals surface area (Å²) in [4.78, 5) is 214. The van der Waals surface area contributed by atoms with E-state index in [1.807, 2.05) is 30.6 Å². The molecule has 41 heteroatoms. The van der Waals surface area contributed by atoms with E-state index in [2.05, 4.69) is 73.5 Å². The molecule has 0 unspecified atom stereocenters. The van der Waals surface area contributed by atoms with Gasteiger partial charge in [0.1, 0.15) is 60.7 Å². The number of carboxylic acids is 1. The van der Waals surface area contributed by atoms with Gasteiger partial charge in [0.05, 0.1) is 49.3 Å². The second kappa shape index (κ2) is 45.6. The van der Waals surface area contributed by atoms with Crippen molar-refractivity contribution < 1.29 is 82.1 Å². The number of thioether (sulfide) groups is 2. The zero-order chi connectivity index (χ0) is 82.2. The zero-order valence-corrected chi connectivity index (χ0v) is 64.5. The molecule has 0 saturated carbocycles. The number of benzene rings is 1. The number of nitrogens with one attached hydrogen (secondary N) is 11. The van der Waals surface area contributed by atoms with Crippen LogP contribution in [0.2, 0.25) is 0 Å². The van der Waals surface area contributed by atoms with E-state index in [1.165, 1.54) is 28.2 Å². The Hall–Kier alpha value is -10.5. The lowest BCUT2D eigenvalue weighted by atomic mass is 9.96. The summed E-state index contributed by atoms with van der Waals surface area (Å²) in [6.07, 6.45) is 12.2. The van der Waals surface area contributed by atoms with Gasteiger partial charge in [0.15, 0.2) is 5.96 Å². The third-order valence-corrected chi connectivity index (χ3v) is 20.2. The lowest BCUT2D eigenvalue weighted by Crippen LogP contribution is -2.62. The van der Waals surface area contributed by atoms with Crippen molar-refractivity contribution in [1.29, 1.82) is 0 Å². The number of amides is 13. The van der Waals surface area contributed by atoms with Crippen molar-refractivity contribution in [3.8, 4) is 0 Å². The number of hydrogen-bond donors (Lipinski definition) is 19. The quantitative estimate of drug-likeness (QED) is 0.0109. The Kier molecular flexibility index (Phi) is 37.4. The summed E-state index contributed by atoms with van der Waals surface area (Å²) in [7, 11) is 0. The summed E-state index contributed by atoms with van der Waals surface area (Å²) in [6, 6.07) is -12.0.